The number of rotatable bonds is 9. The maximum atomic E-state index is 12.2. The molecule has 0 radical (unpaired) electrons. The van der Waals surface area contributed by atoms with Crippen LogP contribution in [0.15, 0.2) is 35.6 Å². The first-order valence-corrected chi connectivity index (χ1v) is 11.3. The van der Waals surface area contributed by atoms with E-state index >= 15 is 0 Å². The normalized spacial score (nSPS) is 12.0. The fourth-order valence-electron chi connectivity index (χ4n) is 2.76. The van der Waals surface area contributed by atoms with Crippen LogP contribution in [-0.4, -0.2) is 31.4 Å². The monoisotopic (exact) mass is 431 g/mol. The van der Waals surface area contributed by atoms with E-state index in [1.165, 1.54) is 28.7 Å². The summed E-state index contributed by atoms with van der Waals surface area (Å²) >= 11 is 2.81. The number of carbonyl (C=O) groups excluding carboxylic acids is 1. The lowest BCUT2D eigenvalue weighted by Gasteiger charge is -2.15. The zero-order valence-electron chi connectivity index (χ0n) is 17.0. The van der Waals surface area contributed by atoms with E-state index in [2.05, 4.69) is 39.6 Å². The molecule has 0 bridgehead atoms. The summed E-state index contributed by atoms with van der Waals surface area (Å²) in [6, 6.07) is 8.08. The number of thiazole rings is 1. The first-order chi connectivity index (χ1) is 14.0. The summed E-state index contributed by atoms with van der Waals surface area (Å²) < 4.78 is 8.03. The number of amides is 1. The predicted octanol–water partition coefficient (Wildman–Crippen LogP) is 4.50. The van der Waals surface area contributed by atoms with E-state index in [0.29, 0.717) is 16.8 Å². The Labute approximate surface area is 178 Å². The zero-order valence-corrected chi connectivity index (χ0v) is 18.6. The first kappa shape index (κ1) is 21.3. The molecule has 1 aromatic carbocycles. The molecule has 29 heavy (non-hydrogen) atoms. The second kappa shape index (κ2) is 9.89. The van der Waals surface area contributed by atoms with Crippen LogP contribution in [0.5, 0.6) is 5.75 Å². The SMILES string of the molecule is CCc1ccc(O[C@H](C)c2nnc(SCC(=O)Nc3ncc(C)s3)n2CC)cc1. The number of hydrogen-bond donors (Lipinski definition) is 1. The molecule has 0 saturated carbocycles. The largest absolute Gasteiger partial charge is 0.483 e. The number of carbonyl (C=O) groups is 1. The number of anilines is 1. The first-order valence-electron chi connectivity index (χ1n) is 9.53. The van der Waals surface area contributed by atoms with Gasteiger partial charge in [0.05, 0.1) is 5.75 Å². The number of aryl methyl sites for hydroxylation is 2. The smallest absolute Gasteiger partial charge is 0.236 e. The highest BCUT2D eigenvalue weighted by molar-refractivity contribution is 7.99. The number of benzene rings is 1. The molecule has 0 aliphatic heterocycles. The van der Waals surface area contributed by atoms with Gasteiger partial charge in [0.25, 0.3) is 0 Å². The van der Waals surface area contributed by atoms with Crippen LogP contribution in [0, 0.1) is 6.92 Å². The van der Waals surface area contributed by atoms with Crippen LogP contribution in [0.25, 0.3) is 0 Å². The summed E-state index contributed by atoms with van der Waals surface area (Å²) in [7, 11) is 0. The molecule has 9 heteroatoms. The summed E-state index contributed by atoms with van der Waals surface area (Å²) in [5, 5.41) is 12.7. The van der Waals surface area contributed by atoms with Gasteiger partial charge < -0.3 is 14.6 Å². The lowest BCUT2D eigenvalue weighted by atomic mass is 10.2. The lowest BCUT2D eigenvalue weighted by Crippen LogP contribution is -2.15. The van der Waals surface area contributed by atoms with Gasteiger partial charge in [0.15, 0.2) is 22.2 Å². The van der Waals surface area contributed by atoms with E-state index in [4.69, 9.17) is 4.74 Å². The average Bonchev–Trinajstić information content (AvgIpc) is 3.32. The molecule has 0 unspecified atom stereocenters. The summed E-state index contributed by atoms with van der Waals surface area (Å²) in [6.45, 7) is 8.75. The molecule has 154 valence electrons. The molecule has 3 rings (SSSR count). The Morgan fingerprint density at radius 3 is 2.66 bits per heavy atom. The van der Waals surface area contributed by atoms with Crippen molar-refractivity contribution in [3.05, 3.63) is 46.7 Å². The van der Waals surface area contributed by atoms with E-state index in [-0.39, 0.29) is 17.8 Å². The molecular formula is C20H25N5O2S2. The van der Waals surface area contributed by atoms with Gasteiger partial charge in [0.1, 0.15) is 5.75 Å². The minimum Gasteiger partial charge on any atom is -0.483 e. The lowest BCUT2D eigenvalue weighted by molar-refractivity contribution is -0.113. The van der Waals surface area contributed by atoms with Crippen molar-refractivity contribution < 1.29 is 9.53 Å². The van der Waals surface area contributed by atoms with Gasteiger partial charge in [-0.1, -0.05) is 30.8 Å². The van der Waals surface area contributed by atoms with Gasteiger partial charge in [-0.05, 0) is 44.9 Å². The molecule has 1 atom stereocenters. The molecule has 1 amide bonds. The van der Waals surface area contributed by atoms with Crippen LogP contribution in [-0.2, 0) is 17.8 Å². The van der Waals surface area contributed by atoms with E-state index in [9.17, 15) is 4.79 Å². The molecule has 0 saturated heterocycles. The number of hydrogen-bond acceptors (Lipinski definition) is 7. The summed E-state index contributed by atoms with van der Waals surface area (Å²) in [5.41, 5.74) is 1.27. The Morgan fingerprint density at radius 1 is 1.28 bits per heavy atom. The van der Waals surface area contributed by atoms with Crippen LogP contribution >= 0.6 is 23.1 Å². The van der Waals surface area contributed by atoms with Gasteiger partial charge in [0.2, 0.25) is 5.91 Å². The van der Waals surface area contributed by atoms with Gasteiger partial charge in [-0.3, -0.25) is 4.79 Å². The maximum absolute atomic E-state index is 12.2. The van der Waals surface area contributed by atoms with Crippen LogP contribution in [0.1, 0.15) is 43.1 Å². The number of nitrogens with one attached hydrogen (secondary N) is 1. The van der Waals surface area contributed by atoms with Crippen LogP contribution in [0.4, 0.5) is 5.13 Å². The predicted molar refractivity (Wildman–Crippen MR) is 117 cm³/mol. The Hall–Kier alpha value is -2.39. The molecule has 1 N–H and O–H groups in total. The third-order valence-electron chi connectivity index (χ3n) is 4.27. The van der Waals surface area contributed by atoms with Crippen molar-refractivity contribution in [2.75, 3.05) is 11.1 Å². The molecule has 0 spiro atoms. The average molecular weight is 432 g/mol. The number of thioether (sulfide) groups is 1. The fourth-order valence-corrected chi connectivity index (χ4v) is 4.25. The van der Waals surface area contributed by atoms with E-state index in [1.54, 1.807) is 6.20 Å². The number of ether oxygens (including phenoxy) is 1. The minimum atomic E-state index is -0.253. The molecule has 2 heterocycles. The minimum absolute atomic E-state index is 0.114. The second-order valence-electron chi connectivity index (χ2n) is 6.46. The van der Waals surface area contributed by atoms with Crippen molar-refractivity contribution in [3.63, 3.8) is 0 Å². The highest BCUT2D eigenvalue weighted by Gasteiger charge is 2.19. The Kier molecular flexibility index (Phi) is 7.27. The zero-order chi connectivity index (χ0) is 20.8. The van der Waals surface area contributed by atoms with Gasteiger partial charge >= 0.3 is 0 Å². The molecule has 7 nitrogen and oxygen atoms in total. The van der Waals surface area contributed by atoms with E-state index < -0.39 is 0 Å². The molecule has 0 fully saturated rings. The van der Waals surface area contributed by atoms with Crippen LogP contribution in [0.3, 0.4) is 0 Å². The second-order valence-corrected chi connectivity index (χ2v) is 8.63. The van der Waals surface area contributed by atoms with Crippen LogP contribution in [0.2, 0.25) is 0 Å². The number of nitrogens with zero attached hydrogens (tertiary/aromatic N) is 4. The van der Waals surface area contributed by atoms with Gasteiger partial charge in [0, 0.05) is 17.6 Å². The number of aromatic nitrogens is 4. The van der Waals surface area contributed by atoms with Crippen molar-refractivity contribution in [2.45, 2.75) is 51.9 Å². The van der Waals surface area contributed by atoms with Crippen molar-refractivity contribution in [3.8, 4) is 5.75 Å². The van der Waals surface area contributed by atoms with Crippen molar-refractivity contribution in [1.29, 1.82) is 0 Å². The Balaban J connectivity index is 1.61. The summed E-state index contributed by atoms with van der Waals surface area (Å²) in [5.74, 6) is 1.67. The third kappa shape index (κ3) is 5.57. The van der Waals surface area contributed by atoms with Crippen molar-refractivity contribution in [2.24, 2.45) is 0 Å². The van der Waals surface area contributed by atoms with E-state index in [0.717, 1.165) is 22.9 Å². The molecule has 0 aliphatic carbocycles. The van der Waals surface area contributed by atoms with Crippen LogP contribution < -0.4 is 10.1 Å². The van der Waals surface area contributed by atoms with Gasteiger partial charge in [-0.2, -0.15) is 0 Å². The van der Waals surface area contributed by atoms with Crippen molar-refractivity contribution >= 4 is 34.1 Å². The standard InChI is InChI=1S/C20H25N5O2S2/c1-5-15-7-9-16(10-8-15)27-14(4)18-23-24-20(25(18)6-2)28-12-17(26)22-19-21-11-13(3)29-19/h7-11,14H,5-6,12H2,1-4H3,(H,21,22,26)/t14-/m1/s1. The van der Waals surface area contributed by atoms with Gasteiger partial charge in [-0.15, -0.1) is 21.5 Å². The van der Waals surface area contributed by atoms with E-state index in [1.807, 2.05) is 37.5 Å². The Bertz CT molecular complexity index is 952. The van der Waals surface area contributed by atoms with Gasteiger partial charge in [-0.25, -0.2) is 4.98 Å². The third-order valence-corrected chi connectivity index (χ3v) is 6.06. The highest BCUT2D eigenvalue weighted by atomic mass is 32.2. The molecule has 2 aromatic heterocycles. The maximum Gasteiger partial charge on any atom is 0.236 e. The fraction of sp³-hybridized carbons (Fsp3) is 0.400. The highest BCUT2D eigenvalue weighted by Crippen LogP contribution is 2.25. The quantitative estimate of drug-likeness (QED) is 0.503. The summed E-state index contributed by atoms with van der Waals surface area (Å²) in [4.78, 5) is 17.4. The Morgan fingerprint density at radius 2 is 2.03 bits per heavy atom. The molecule has 0 aliphatic rings. The molecule has 3 aromatic rings. The topological polar surface area (TPSA) is 81.9 Å². The molecular weight excluding hydrogens is 406 g/mol. The van der Waals surface area contributed by atoms with Crippen molar-refractivity contribution in [1.82, 2.24) is 19.7 Å². The summed E-state index contributed by atoms with van der Waals surface area (Å²) in [6.07, 6.45) is 2.48.